The van der Waals surface area contributed by atoms with Crippen LogP contribution < -0.4 is 9.47 Å². The Balaban J connectivity index is 2.02. The van der Waals surface area contributed by atoms with Crippen molar-refractivity contribution in [3.63, 3.8) is 0 Å². The minimum atomic E-state index is -1.24. The molecule has 3 rings (SSSR count). The summed E-state index contributed by atoms with van der Waals surface area (Å²) in [6, 6.07) is 12.3. The van der Waals surface area contributed by atoms with Crippen molar-refractivity contribution in [1.29, 1.82) is 0 Å². The Morgan fingerprint density at radius 1 is 1.24 bits per heavy atom. The Hall–Kier alpha value is -1.85. The molecule has 0 fully saturated rings. The van der Waals surface area contributed by atoms with Crippen molar-refractivity contribution in [3.8, 4) is 11.5 Å². The molecule has 2 aromatic carbocycles. The van der Waals surface area contributed by atoms with Gasteiger partial charge in [-0.25, -0.2) is 0 Å². The quantitative estimate of drug-likeness (QED) is 0.905. The smallest absolute Gasteiger partial charge is 0.199 e. The highest BCUT2D eigenvalue weighted by Gasteiger charge is 2.37. The van der Waals surface area contributed by atoms with Gasteiger partial charge in [-0.15, -0.1) is 0 Å². The van der Waals surface area contributed by atoms with E-state index in [1.165, 1.54) is 0 Å². The molecule has 1 heterocycles. The lowest BCUT2D eigenvalue weighted by atomic mass is 9.93. The number of benzene rings is 2. The molecule has 0 unspecified atom stereocenters. The van der Waals surface area contributed by atoms with E-state index in [-0.39, 0.29) is 5.78 Å². The number of hydrogen-bond acceptors (Lipinski definition) is 4. The molecular formula is C16H13BrO4. The number of halogens is 1. The van der Waals surface area contributed by atoms with Crippen LogP contribution in [0, 0.1) is 0 Å². The number of fused-ring (bicyclic) bond motifs is 1. The van der Waals surface area contributed by atoms with Gasteiger partial charge in [0.1, 0.15) is 11.5 Å². The molecule has 0 aliphatic carbocycles. The molecule has 2 atom stereocenters. The molecule has 0 amide bonds. The van der Waals surface area contributed by atoms with Gasteiger partial charge in [-0.2, -0.15) is 0 Å². The van der Waals surface area contributed by atoms with Crippen LogP contribution in [-0.4, -0.2) is 24.1 Å². The van der Waals surface area contributed by atoms with Crippen molar-refractivity contribution in [3.05, 3.63) is 58.1 Å². The molecule has 0 spiro atoms. The van der Waals surface area contributed by atoms with Crippen molar-refractivity contribution in [2.24, 2.45) is 0 Å². The second-order valence-corrected chi connectivity index (χ2v) is 5.68. The maximum absolute atomic E-state index is 12.3. The molecule has 1 aliphatic heterocycles. The molecule has 21 heavy (non-hydrogen) atoms. The number of ether oxygens (including phenoxy) is 2. The first-order chi connectivity index (χ1) is 10.1. The lowest BCUT2D eigenvalue weighted by Gasteiger charge is -2.30. The molecule has 4 nitrogen and oxygen atoms in total. The number of aliphatic hydroxyl groups excluding tert-OH is 1. The third kappa shape index (κ3) is 2.54. The fraction of sp³-hybridized carbons (Fsp3) is 0.188. The number of ketones is 1. The lowest BCUT2D eigenvalue weighted by Crippen LogP contribution is -2.36. The molecule has 0 radical (unpaired) electrons. The summed E-state index contributed by atoms with van der Waals surface area (Å²) in [6.07, 6.45) is -1.97. The van der Waals surface area contributed by atoms with E-state index in [1.54, 1.807) is 49.6 Å². The third-order valence-corrected chi connectivity index (χ3v) is 3.93. The molecule has 1 aliphatic rings. The van der Waals surface area contributed by atoms with E-state index < -0.39 is 12.2 Å². The third-order valence-electron chi connectivity index (χ3n) is 3.44. The van der Waals surface area contributed by atoms with Crippen molar-refractivity contribution in [2.75, 3.05) is 7.11 Å². The Morgan fingerprint density at radius 3 is 2.81 bits per heavy atom. The fourth-order valence-corrected chi connectivity index (χ4v) is 2.73. The number of rotatable bonds is 2. The second kappa shape index (κ2) is 5.50. The number of methoxy groups -OCH3 is 1. The molecule has 0 bridgehead atoms. The normalized spacial score (nSPS) is 20.6. The molecule has 2 aromatic rings. The van der Waals surface area contributed by atoms with E-state index in [0.29, 0.717) is 22.6 Å². The maximum Gasteiger partial charge on any atom is 0.199 e. The topological polar surface area (TPSA) is 55.8 Å². The summed E-state index contributed by atoms with van der Waals surface area (Å²) >= 11 is 3.31. The summed E-state index contributed by atoms with van der Waals surface area (Å²) in [6.45, 7) is 0. The predicted octanol–water partition coefficient (Wildman–Crippen LogP) is 3.14. The van der Waals surface area contributed by atoms with E-state index >= 15 is 0 Å². The van der Waals surface area contributed by atoms with Gasteiger partial charge >= 0.3 is 0 Å². The summed E-state index contributed by atoms with van der Waals surface area (Å²) in [5.41, 5.74) is 1.08. The van der Waals surface area contributed by atoms with Crippen LogP contribution in [0.5, 0.6) is 11.5 Å². The highest BCUT2D eigenvalue weighted by Crippen LogP contribution is 2.37. The van der Waals surface area contributed by atoms with E-state index in [2.05, 4.69) is 15.9 Å². The van der Waals surface area contributed by atoms with Crippen LogP contribution in [0.25, 0.3) is 0 Å². The summed E-state index contributed by atoms with van der Waals surface area (Å²) < 4.78 is 11.7. The molecule has 5 heteroatoms. The largest absolute Gasteiger partial charge is 0.497 e. The van der Waals surface area contributed by atoms with Gasteiger partial charge in [0.15, 0.2) is 18.0 Å². The minimum Gasteiger partial charge on any atom is -0.497 e. The molecule has 1 N–H and O–H groups in total. The van der Waals surface area contributed by atoms with Crippen LogP contribution in [0.3, 0.4) is 0 Å². The standard InChI is InChI=1S/C16H13BrO4/c1-20-11-4-2-3-9(7-11)16-15(19)14(18)12-8-10(17)5-6-13(12)21-16/h2-8,15-16,19H,1H3/t15-,16-/m0/s1. The minimum absolute atomic E-state index is 0.342. The number of carbonyl (C=O) groups excluding carboxylic acids is 1. The summed E-state index contributed by atoms with van der Waals surface area (Å²) in [4.78, 5) is 12.3. The molecule has 0 saturated carbocycles. The molecule has 108 valence electrons. The molecular weight excluding hydrogens is 336 g/mol. The number of carbonyl (C=O) groups is 1. The first-order valence-electron chi connectivity index (χ1n) is 6.42. The van der Waals surface area contributed by atoms with Crippen LogP contribution in [-0.2, 0) is 0 Å². The SMILES string of the molecule is COc1cccc([C@@H]2Oc3ccc(Br)cc3C(=O)[C@@H]2O)c1. The van der Waals surface area contributed by atoms with Crippen molar-refractivity contribution >= 4 is 21.7 Å². The average molecular weight is 349 g/mol. The maximum atomic E-state index is 12.3. The van der Waals surface area contributed by atoms with Gasteiger partial charge in [-0.05, 0) is 35.9 Å². The van der Waals surface area contributed by atoms with Gasteiger partial charge in [-0.3, -0.25) is 4.79 Å². The number of Topliss-reactive ketones (excluding diaryl/α,β-unsaturated/α-hetero) is 1. The van der Waals surface area contributed by atoms with Crippen molar-refractivity contribution in [1.82, 2.24) is 0 Å². The highest BCUT2D eigenvalue weighted by atomic mass is 79.9. The number of aliphatic hydroxyl groups is 1. The fourth-order valence-electron chi connectivity index (χ4n) is 2.36. The summed E-state index contributed by atoms with van der Waals surface area (Å²) in [5.74, 6) is 0.782. The average Bonchev–Trinajstić information content (AvgIpc) is 2.51. The number of hydrogen-bond donors (Lipinski definition) is 1. The zero-order valence-corrected chi connectivity index (χ0v) is 12.8. The monoisotopic (exact) mass is 348 g/mol. The predicted molar refractivity (Wildman–Crippen MR) is 80.8 cm³/mol. The zero-order chi connectivity index (χ0) is 15.0. The Kier molecular flexibility index (Phi) is 3.69. The Labute approximate surface area is 130 Å². The van der Waals surface area contributed by atoms with Crippen LogP contribution >= 0.6 is 15.9 Å². The van der Waals surface area contributed by atoms with E-state index in [0.717, 1.165) is 4.47 Å². The van der Waals surface area contributed by atoms with Gasteiger partial charge in [0.2, 0.25) is 0 Å². The zero-order valence-electron chi connectivity index (χ0n) is 11.2. The summed E-state index contributed by atoms with van der Waals surface area (Å²) in [5, 5.41) is 10.3. The first kappa shape index (κ1) is 14.1. The van der Waals surface area contributed by atoms with E-state index in [9.17, 15) is 9.90 Å². The van der Waals surface area contributed by atoms with Crippen molar-refractivity contribution in [2.45, 2.75) is 12.2 Å². The van der Waals surface area contributed by atoms with Crippen LogP contribution in [0.2, 0.25) is 0 Å². The van der Waals surface area contributed by atoms with E-state index in [1.807, 2.05) is 0 Å². The first-order valence-corrected chi connectivity index (χ1v) is 7.22. The van der Waals surface area contributed by atoms with E-state index in [4.69, 9.17) is 9.47 Å². The van der Waals surface area contributed by atoms with Gasteiger partial charge in [0.25, 0.3) is 0 Å². The lowest BCUT2D eigenvalue weighted by molar-refractivity contribution is 0.0216. The van der Waals surface area contributed by atoms with Crippen LogP contribution in [0.15, 0.2) is 46.9 Å². The Bertz CT molecular complexity index is 698. The molecule has 0 saturated heterocycles. The van der Waals surface area contributed by atoms with Gasteiger partial charge in [0.05, 0.1) is 12.7 Å². The second-order valence-electron chi connectivity index (χ2n) is 4.76. The Morgan fingerprint density at radius 2 is 2.05 bits per heavy atom. The highest BCUT2D eigenvalue weighted by molar-refractivity contribution is 9.10. The summed E-state index contributed by atoms with van der Waals surface area (Å²) in [7, 11) is 1.56. The van der Waals surface area contributed by atoms with Gasteiger partial charge in [-0.1, -0.05) is 28.1 Å². The van der Waals surface area contributed by atoms with Gasteiger partial charge < -0.3 is 14.6 Å². The molecule has 0 aromatic heterocycles. The van der Waals surface area contributed by atoms with Crippen molar-refractivity contribution < 1.29 is 19.4 Å². The van der Waals surface area contributed by atoms with Crippen LogP contribution in [0.1, 0.15) is 22.0 Å². The van der Waals surface area contributed by atoms with Crippen LogP contribution in [0.4, 0.5) is 0 Å². The van der Waals surface area contributed by atoms with Gasteiger partial charge in [0, 0.05) is 4.47 Å².